The monoisotopic (exact) mass is 446 g/mol. The number of hydrogen-bond acceptors (Lipinski definition) is 4. The van der Waals surface area contributed by atoms with Gasteiger partial charge in [-0.25, -0.2) is 0 Å². The Balaban J connectivity index is 2.07. The molecule has 0 saturated heterocycles. The summed E-state index contributed by atoms with van der Waals surface area (Å²) in [7, 11) is 0. The normalized spacial score (nSPS) is 16.2. The van der Waals surface area contributed by atoms with E-state index in [1.165, 1.54) is 46.6 Å². The Labute approximate surface area is 201 Å². The average molecular weight is 447 g/mol. The highest BCUT2D eigenvalue weighted by atomic mass is 15.1. The van der Waals surface area contributed by atoms with Gasteiger partial charge in [0.25, 0.3) is 0 Å². The fraction of sp³-hybridized carbons (Fsp3) is 0.586. The van der Waals surface area contributed by atoms with Crippen molar-refractivity contribution in [2.75, 3.05) is 23.7 Å². The number of hydrogen-bond donors (Lipinski definition) is 1. The van der Waals surface area contributed by atoms with Crippen molar-refractivity contribution in [2.24, 2.45) is 0 Å². The molecule has 1 aromatic carbocycles. The number of aryl methyl sites for hydroxylation is 1. The first-order valence-corrected chi connectivity index (χ1v) is 13.1. The molecule has 178 valence electrons. The van der Waals surface area contributed by atoms with Crippen LogP contribution in [0.25, 0.3) is 0 Å². The van der Waals surface area contributed by atoms with Crippen LogP contribution in [0.5, 0.6) is 0 Å². The molecule has 0 fully saturated rings. The zero-order chi connectivity index (χ0) is 24.0. The van der Waals surface area contributed by atoms with Crippen LogP contribution in [-0.2, 0) is 19.3 Å². The maximum atomic E-state index is 9.99. The number of nitrogen functional groups attached to an aromatic ring is 1. The van der Waals surface area contributed by atoms with Crippen molar-refractivity contribution in [1.29, 1.82) is 5.26 Å². The second-order valence-electron chi connectivity index (χ2n) is 9.65. The first kappa shape index (κ1) is 25.1. The van der Waals surface area contributed by atoms with Crippen LogP contribution in [0.15, 0.2) is 18.2 Å². The van der Waals surface area contributed by atoms with Gasteiger partial charge in [-0.15, -0.1) is 0 Å². The van der Waals surface area contributed by atoms with Gasteiger partial charge in [0, 0.05) is 35.9 Å². The molecule has 0 aliphatic heterocycles. The Kier molecular flexibility index (Phi) is 8.78. The average Bonchev–Trinajstić information content (AvgIpc) is 2.84. The van der Waals surface area contributed by atoms with Crippen LogP contribution in [0.1, 0.15) is 112 Å². The number of nitrogens with two attached hydrogens (primary N) is 1. The Morgan fingerprint density at radius 3 is 2.61 bits per heavy atom. The van der Waals surface area contributed by atoms with Gasteiger partial charge in [-0.1, -0.05) is 47.1 Å². The molecule has 0 spiro atoms. The van der Waals surface area contributed by atoms with Gasteiger partial charge in [0.1, 0.15) is 6.07 Å². The van der Waals surface area contributed by atoms with E-state index >= 15 is 0 Å². The number of anilines is 2. The summed E-state index contributed by atoms with van der Waals surface area (Å²) in [4.78, 5) is 7.72. The van der Waals surface area contributed by atoms with Crippen molar-refractivity contribution in [3.63, 3.8) is 0 Å². The molecule has 4 nitrogen and oxygen atoms in total. The van der Waals surface area contributed by atoms with E-state index < -0.39 is 0 Å². The summed E-state index contributed by atoms with van der Waals surface area (Å²) < 4.78 is 0. The summed E-state index contributed by atoms with van der Waals surface area (Å²) in [5.74, 6) is 0.705. The molecule has 0 bridgehead atoms. The van der Waals surface area contributed by atoms with Gasteiger partial charge >= 0.3 is 0 Å². The minimum absolute atomic E-state index is 0.294. The van der Waals surface area contributed by atoms with E-state index in [1.54, 1.807) is 0 Å². The third kappa shape index (κ3) is 5.35. The standard InChI is InChI=1S/C29H42N4/c1-6-10-16-33(15-7-2)28-18-22(9-4)32-27-17-21(11-12-24(27)28)29-23(20(5)8-3)13-14-26(31)25(29)19-30/h13-14,18,20-21H,6-12,15-17,31H2,1-5H3/t20-,21?/m0/s1. The van der Waals surface area contributed by atoms with Crippen LogP contribution < -0.4 is 10.6 Å². The molecule has 3 rings (SSSR count). The second-order valence-corrected chi connectivity index (χ2v) is 9.65. The highest BCUT2D eigenvalue weighted by Gasteiger charge is 2.30. The molecule has 2 atom stereocenters. The predicted octanol–water partition coefficient (Wildman–Crippen LogP) is 6.90. The SMILES string of the molecule is CCCCN(CCC)c1cc(CC)nc2c1CCC(c1c([C@@H](C)CC)ccc(N)c1C#N)C2. The molecule has 1 aromatic heterocycles. The van der Waals surface area contributed by atoms with Gasteiger partial charge in [-0.2, -0.15) is 5.26 Å². The first-order chi connectivity index (χ1) is 16.0. The Bertz CT molecular complexity index is 988. The minimum atomic E-state index is 0.294. The maximum absolute atomic E-state index is 9.99. The molecule has 0 saturated carbocycles. The topological polar surface area (TPSA) is 65.9 Å². The number of aromatic nitrogens is 1. The molecule has 33 heavy (non-hydrogen) atoms. The van der Waals surface area contributed by atoms with Crippen molar-refractivity contribution in [1.82, 2.24) is 4.98 Å². The molecular formula is C29H42N4. The van der Waals surface area contributed by atoms with E-state index in [1.807, 2.05) is 6.07 Å². The van der Waals surface area contributed by atoms with Crippen molar-refractivity contribution in [3.05, 3.63) is 51.8 Å². The third-order valence-electron chi connectivity index (χ3n) is 7.37. The summed E-state index contributed by atoms with van der Waals surface area (Å²) in [6.07, 6.45) is 8.52. The zero-order valence-corrected chi connectivity index (χ0v) is 21.4. The minimum Gasteiger partial charge on any atom is -0.398 e. The number of fused-ring (bicyclic) bond motifs is 1. The predicted molar refractivity (Wildman–Crippen MR) is 140 cm³/mol. The van der Waals surface area contributed by atoms with E-state index in [2.05, 4.69) is 57.7 Å². The number of rotatable bonds is 10. The lowest BCUT2D eigenvalue weighted by atomic mass is 9.76. The molecule has 2 N–H and O–H groups in total. The summed E-state index contributed by atoms with van der Waals surface area (Å²) in [5.41, 5.74) is 15.3. The quantitative estimate of drug-likeness (QED) is 0.403. The zero-order valence-electron chi connectivity index (χ0n) is 21.4. The van der Waals surface area contributed by atoms with Crippen LogP contribution in [-0.4, -0.2) is 18.1 Å². The third-order valence-corrected chi connectivity index (χ3v) is 7.37. The van der Waals surface area contributed by atoms with Crippen molar-refractivity contribution < 1.29 is 0 Å². The molecule has 4 heteroatoms. The fourth-order valence-electron chi connectivity index (χ4n) is 5.31. The van der Waals surface area contributed by atoms with Crippen molar-refractivity contribution in [3.8, 4) is 6.07 Å². The summed E-state index contributed by atoms with van der Waals surface area (Å²) in [5, 5.41) is 9.99. The van der Waals surface area contributed by atoms with Gasteiger partial charge in [-0.3, -0.25) is 4.98 Å². The lowest BCUT2D eigenvalue weighted by molar-refractivity contribution is 0.556. The number of benzene rings is 1. The van der Waals surface area contributed by atoms with Crippen LogP contribution in [0.4, 0.5) is 11.4 Å². The number of nitriles is 1. The fourth-order valence-corrected chi connectivity index (χ4v) is 5.31. The molecule has 1 aliphatic carbocycles. The van der Waals surface area contributed by atoms with Crippen molar-refractivity contribution in [2.45, 2.75) is 97.8 Å². The number of pyridine rings is 1. The van der Waals surface area contributed by atoms with Crippen LogP contribution in [0, 0.1) is 11.3 Å². The Morgan fingerprint density at radius 1 is 1.18 bits per heavy atom. The van der Waals surface area contributed by atoms with Crippen LogP contribution >= 0.6 is 0 Å². The largest absolute Gasteiger partial charge is 0.398 e. The molecule has 1 heterocycles. The van der Waals surface area contributed by atoms with Crippen molar-refractivity contribution >= 4 is 11.4 Å². The lowest BCUT2D eigenvalue weighted by Crippen LogP contribution is -2.29. The van der Waals surface area contributed by atoms with Crippen LogP contribution in [0.2, 0.25) is 0 Å². The molecule has 1 unspecified atom stereocenters. The van der Waals surface area contributed by atoms with Gasteiger partial charge in [0.05, 0.1) is 5.56 Å². The van der Waals surface area contributed by atoms with E-state index in [0.717, 1.165) is 51.6 Å². The second kappa shape index (κ2) is 11.5. The van der Waals surface area contributed by atoms with Gasteiger partial charge in [0.2, 0.25) is 0 Å². The van der Waals surface area contributed by atoms with Gasteiger partial charge in [0.15, 0.2) is 0 Å². The molecule has 1 aliphatic rings. The molecule has 2 aromatic rings. The number of unbranched alkanes of at least 4 members (excludes halogenated alkanes) is 1. The highest BCUT2D eigenvalue weighted by Crippen LogP contribution is 2.42. The van der Waals surface area contributed by atoms with E-state index in [0.29, 0.717) is 23.1 Å². The van der Waals surface area contributed by atoms with E-state index in [9.17, 15) is 5.26 Å². The van der Waals surface area contributed by atoms with Gasteiger partial charge in [-0.05, 0) is 85.6 Å². The van der Waals surface area contributed by atoms with Crippen LogP contribution in [0.3, 0.4) is 0 Å². The molecule has 0 amide bonds. The molecule has 0 radical (unpaired) electrons. The number of nitrogens with zero attached hydrogens (tertiary/aromatic N) is 3. The maximum Gasteiger partial charge on any atom is 0.102 e. The Morgan fingerprint density at radius 2 is 1.97 bits per heavy atom. The van der Waals surface area contributed by atoms with E-state index in [-0.39, 0.29) is 0 Å². The smallest absolute Gasteiger partial charge is 0.102 e. The Hall–Kier alpha value is -2.54. The highest BCUT2D eigenvalue weighted by molar-refractivity contribution is 5.63. The van der Waals surface area contributed by atoms with Gasteiger partial charge < -0.3 is 10.6 Å². The van der Waals surface area contributed by atoms with E-state index in [4.69, 9.17) is 10.7 Å². The molecular weight excluding hydrogens is 404 g/mol. The summed E-state index contributed by atoms with van der Waals surface area (Å²) >= 11 is 0. The summed E-state index contributed by atoms with van der Waals surface area (Å²) in [6, 6.07) is 8.86. The summed E-state index contributed by atoms with van der Waals surface area (Å²) in [6.45, 7) is 13.4. The first-order valence-electron chi connectivity index (χ1n) is 13.1. The lowest BCUT2D eigenvalue weighted by Gasteiger charge is -2.33.